The van der Waals surface area contributed by atoms with E-state index in [1.165, 1.54) is 22.3 Å². The van der Waals surface area contributed by atoms with E-state index in [1.807, 2.05) is 0 Å². The third-order valence-electron chi connectivity index (χ3n) is 2.36. The van der Waals surface area contributed by atoms with Crippen LogP contribution in [-0.4, -0.2) is 0 Å². The molecule has 2 aliphatic carbocycles. The van der Waals surface area contributed by atoms with Gasteiger partial charge in [0.25, 0.3) is 0 Å². The first-order chi connectivity index (χ1) is 5.33. The Morgan fingerprint density at radius 3 is 2.91 bits per heavy atom. The van der Waals surface area contributed by atoms with Gasteiger partial charge in [0.05, 0.1) is 0 Å². The Bertz CT molecular complexity index is 309. The van der Waals surface area contributed by atoms with Crippen LogP contribution in [0.4, 0.5) is 0 Å². The molecule has 0 nitrogen and oxygen atoms in total. The second kappa shape index (κ2) is 2.23. The van der Waals surface area contributed by atoms with Crippen molar-refractivity contribution in [3.8, 4) is 0 Å². The van der Waals surface area contributed by atoms with Crippen LogP contribution in [0.2, 0.25) is 0 Å². The molecule has 0 heteroatoms. The van der Waals surface area contributed by atoms with E-state index in [9.17, 15) is 0 Å². The van der Waals surface area contributed by atoms with E-state index in [0.717, 1.165) is 6.42 Å². The van der Waals surface area contributed by atoms with Crippen molar-refractivity contribution >= 4 is 0 Å². The predicted octanol–water partition coefficient (Wildman–Crippen LogP) is 3.15. The summed E-state index contributed by atoms with van der Waals surface area (Å²) in [4.78, 5) is 0. The van der Waals surface area contributed by atoms with Crippen LogP contribution in [0.15, 0.2) is 46.6 Å². The maximum atomic E-state index is 2.30. The largest absolute Gasteiger partial charge is 0.0613 e. The normalized spacial score (nSPS) is 20.5. The van der Waals surface area contributed by atoms with Crippen molar-refractivity contribution in [1.82, 2.24) is 0 Å². The van der Waals surface area contributed by atoms with Crippen molar-refractivity contribution in [2.75, 3.05) is 0 Å². The van der Waals surface area contributed by atoms with E-state index < -0.39 is 0 Å². The lowest BCUT2D eigenvalue weighted by atomic mass is 10.1. The Balaban J connectivity index is 2.51. The summed E-state index contributed by atoms with van der Waals surface area (Å²) in [6, 6.07) is 0. The summed E-state index contributed by atoms with van der Waals surface area (Å²) in [7, 11) is 0. The fourth-order valence-corrected chi connectivity index (χ4v) is 1.75. The minimum absolute atomic E-state index is 1.15. The Labute approximate surface area is 67.6 Å². The molecule has 0 spiro atoms. The van der Waals surface area contributed by atoms with Crippen LogP contribution in [0.25, 0.3) is 0 Å². The van der Waals surface area contributed by atoms with Crippen LogP contribution < -0.4 is 0 Å². The van der Waals surface area contributed by atoms with Crippen LogP contribution in [0.3, 0.4) is 0 Å². The number of rotatable bonds is 1. The van der Waals surface area contributed by atoms with Gasteiger partial charge in [-0.3, -0.25) is 0 Å². The molecule has 0 heterocycles. The van der Waals surface area contributed by atoms with Crippen molar-refractivity contribution in [2.45, 2.75) is 20.3 Å². The maximum absolute atomic E-state index is 2.30. The van der Waals surface area contributed by atoms with Gasteiger partial charge in [0.2, 0.25) is 0 Å². The van der Waals surface area contributed by atoms with E-state index in [-0.39, 0.29) is 0 Å². The molecule has 0 aromatic carbocycles. The summed E-state index contributed by atoms with van der Waals surface area (Å²) >= 11 is 0. The molecule has 0 unspecified atom stereocenters. The number of hydrogen-bond acceptors (Lipinski definition) is 0. The molecule has 0 fully saturated rings. The Hall–Kier alpha value is -1.04. The molecule has 0 amide bonds. The molecule has 0 saturated heterocycles. The third-order valence-corrected chi connectivity index (χ3v) is 2.36. The number of hydrogen-bond donors (Lipinski definition) is 0. The molecule has 2 rings (SSSR count). The molecular formula is C11H12. The molecule has 2 aliphatic rings. The topological polar surface area (TPSA) is 0 Å². The summed E-state index contributed by atoms with van der Waals surface area (Å²) in [5, 5.41) is 0. The minimum atomic E-state index is 1.15. The van der Waals surface area contributed by atoms with E-state index in [1.54, 1.807) is 0 Å². The van der Waals surface area contributed by atoms with Crippen molar-refractivity contribution in [2.24, 2.45) is 0 Å². The number of fused-ring (bicyclic) bond motifs is 1. The minimum Gasteiger partial charge on any atom is -0.0613 e. The summed E-state index contributed by atoms with van der Waals surface area (Å²) in [5.74, 6) is 0. The lowest BCUT2D eigenvalue weighted by Crippen LogP contribution is -1.79. The monoisotopic (exact) mass is 144 g/mol. The smallest absolute Gasteiger partial charge is 0.0149 e. The highest BCUT2D eigenvalue weighted by atomic mass is 14.2. The quantitative estimate of drug-likeness (QED) is 0.530. The molecule has 0 aromatic heterocycles. The maximum Gasteiger partial charge on any atom is -0.0149 e. The fraction of sp³-hybridized carbons (Fsp3) is 0.273. The Morgan fingerprint density at radius 2 is 2.18 bits per heavy atom. The SMILES string of the molecule is CCC1=C2C=CC=C2C(C)=C1. The molecule has 0 bridgehead atoms. The van der Waals surface area contributed by atoms with Gasteiger partial charge in [0, 0.05) is 0 Å². The summed E-state index contributed by atoms with van der Waals surface area (Å²) in [6.07, 6.45) is 9.99. The van der Waals surface area contributed by atoms with Crippen LogP contribution in [-0.2, 0) is 0 Å². The van der Waals surface area contributed by atoms with E-state index in [0.29, 0.717) is 0 Å². The highest BCUT2D eigenvalue weighted by Gasteiger charge is 2.17. The van der Waals surface area contributed by atoms with Crippen LogP contribution in [0, 0.1) is 0 Å². The second-order valence-corrected chi connectivity index (χ2v) is 3.06. The Morgan fingerprint density at radius 1 is 1.36 bits per heavy atom. The van der Waals surface area contributed by atoms with Crippen molar-refractivity contribution in [3.05, 3.63) is 46.6 Å². The van der Waals surface area contributed by atoms with Gasteiger partial charge in [0.1, 0.15) is 0 Å². The van der Waals surface area contributed by atoms with Crippen LogP contribution >= 0.6 is 0 Å². The summed E-state index contributed by atoms with van der Waals surface area (Å²) in [6.45, 7) is 4.39. The average molecular weight is 144 g/mol. The summed E-state index contributed by atoms with van der Waals surface area (Å²) < 4.78 is 0. The van der Waals surface area contributed by atoms with Crippen LogP contribution in [0.1, 0.15) is 20.3 Å². The highest BCUT2D eigenvalue weighted by Crippen LogP contribution is 2.36. The van der Waals surface area contributed by atoms with Gasteiger partial charge in [-0.1, -0.05) is 31.2 Å². The van der Waals surface area contributed by atoms with E-state index in [4.69, 9.17) is 0 Å². The molecule has 0 atom stereocenters. The zero-order chi connectivity index (χ0) is 7.84. The zero-order valence-corrected chi connectivity index (χ0v) is 7.02. The molecule has 11 heavy (non-hydrogen) atoms. The van der Waals surface area contributed by atoms with Crippen molar-refractivity contribution in [3.63, 3.8) is 0 Å². The second-order valence-electron chi connectivity index (χ2n) is 3.06. The van der Waals surface area contributed by atoms with Gasteiger partial charge < -0.3 is 0 Å². The third kappa shape index (κ3) is 0.823. The summed E-state index contributed by atoms with van der Waals surface area (Å²) in [5.41, 5.74) is 5.79. The van der Waals surface area contributed by atoms with Gasteiger partial charge in [-0.2, -0.15) is 0 Å². The van der Waals surface area contributed by atoms with Crippen LogP contribution in [0.5, 0.6) is 0 Å². The molecular weight excluding hydrogens is 132 g/mol. The molecule has 56 valence electrons. The zero-order valence-electron chi connectivity index (χ0n) is 7.02. The van der Waals surface area contributed by atoms with E-state index in [2.05, 4.69) is 38.2 Å². The molecule has 0 radical (unpaired) electrons. The first kappa shape index (κ1) is 6.66. The molecule has 0 aliphatic heterocycles. The van der Waals surface area contributed by atoms with Gasteiger partial charge >= 0.3 is 0 Å². The van der Waals surface area contributed by atoms with Crippen molar-refractivity contribution in [1.29, 1.82) is 0 Å². The van der Waals surface area contributed by atoms with E-state index >= 15 is 0 Å². The van der Waals surface area contributed by atoms with Gasteiger partial charge in [-0.05, 0) is 35.6 Å². The predicted molar refractivity (Wildman–Crippen MR) is 48.3 cm³/mol. The standard InChI is InChI=1S/C11H12/c1-3-9-7-8(2)10-5-4-6-11(9)10/h4-7H,3H2,1-2H3. The van der Waals surface area contributed by atoms with Gasteiger partial charge in [-0.15, -0.1) is 0 Å². The average Bonchev–Trinajstić information content (AvgIpc) is 2.54. The van der Waals surface area contributed by atoms with Gasteiger partial charge in [-0.25, -0.2) is 0 Å². The van der Waals surface area contributed by atoms with Crippen molar-refractivity contribution < 1.29 is 0 Å². The Kier molecular flexibility index (Phi) is 1.35. The first-order valence-corrected chi connectivity index (χ1v) is 4.13. The molecule has 0 saturated carbocycles. The fourth-order valence-electron chi connectivity index (χ4n) is 1.75. The lowest BCUT2D eigenvalue weighted by molar-refractivity contribution is 1.14. The van der Waals surface area contributed by atoms with Gasteiger partial charge in [0.15, 0.2) is 0 Å². The highest BCUT2D eigenvalue weighted by molar-refractivity contribution is 5.66. The number of allylic oxidation sites excluding steroid dienone is 8. The molecule has 0 N–H and O–H groups in total. The lowest BCUT2D eigenvalue weighted by Gasteiger charge is -1.97. The molecule has 0 aromatic rings. The first-order valence-electron chi connectivity index (χ1n) is 4.13.